The van der Waals surface area contributed by atoms with E-state index in [-0.39, 0.29) is 17.5 Å². The third kappa shape index (κ3) is 4.50. The number of ether oxygens (including phenoxy) is 1. The average Bonchev–Trinajstić information content (AvgIpc) is 3.48. The number of nitrogens with zero attached hydrogens (tertiary/aromatic N) is 1. The molecule has 0 unspecified atom stereocenters. The average molecular weight is 459 g/mol. The first-order valence-corrected chi connectivity index (χ1v) is 11.1. The van der Waals surface area contributed by atoms with Crippen LogP contribution in [-0.4, -0.2) is 34.9 Å². The molecule has 1 amide bonds. The Kier molecular flexibility index (Phi) is 6.63. The van der Waals surface area contributed by atoms with Crippen molar-refractivity contribution in [3.8, 4) is 11.3 Å². The predicted octanol–water partition coefficient (Wildman–Crippen LogP) is 4.62. The van der Waals surface area contributed by atoms with Crippen molar-refractivity contribution in [3.63, 3.8) is 0 Å². The van der Waals surface area contributed by atoms with Crippen molar-refractivity contribution in [1.82, 2.24) is 9.88 Å². The zero-order valence-corrected chi connectivity index (χ0v) is 19.3. The summed E-state index contributed by atoms with van der Waals surface area (Å²) in [4.78, 5) is 38.6. The number of carbonyl (C=O) groups excluding carboxylic acids is 3. The Morgan fingerprint density at radius 1 is 0.971 bits per heavy atom. The summed E-state index contributed by atoms with van der Waals surface area (Å²) in [5.74, 6) is -1.67. The molecule has 1 N–H and O–H groups in total. The number of aryl methyl sites for hydroxylation is 1. The molecule has 7 heteroatoms. The first kappa shape index (κ1) is 23.0. The minimum Gasteiger partial charge on any atom is -0.459 e. The van der Waals surface area contributed by atoms with Gasteiger partial charge in [0, 0.05) is 18.0 Å². The van der Waals surface area contributed by atoms with Gasteiger partial charge in [0.25, 0.3) is 5.91 Å². The lowest BCUT2D eigenvalue weighted by Crippen LogP contribution is -2.45. The second kappa shape index (κ2) is 9.79. The number of benzene rings is 2. The summed E-state index contributed by atoms with van der Waals surface area (Å²) in [5, 5.41) is 3.42. The van der Waals surface area contributed by atoms with Gasteiger partial charge in [-0.3, -0.25) is 9.59 Å². The summed E-state index contributed by atoms with van der Waals surface area (Å²) in [7, 11) is 1.91. The number of aromatic nitrogens is 1. The first-order chi connectivity index (χ1) is 16.4. The third-order valence-corrected chi connectivity index (χ3v) is 5.73. The lowest BCUT2D eigenvalue weighted by molar-refractivity contribution is -0.145. The second-order valence-corrected chi connectivity index (χ2v) is 8.37. The van der Waals surface area contributed by atoms with Crippen molar-refractivity contribution >= 4 is 28.6 Å². The molecule has 0 saturated carbocycles. The number of nitrogens with one attached hydrogen (secondary N) is 1. The van der Waals surface area contributed by atoms with Crippen LogP contribution in [0.3, 0.4) is 0 Å². The predicted molar refractivity (Wildman–Crippen MR) is 128 cm³/mol. The maximum atomic E-state index is 13.4. The highest BCUT2D eigenvalue weighted by atomic mass is 16.5. The number of hydrogen-bond donors (Lipinski definition) is 1. The number of fused-ring (bicyclic) bond motifs is 1. The van der Waals surface area contributed by atoms with Gasteiger partial charge in [-0.2, -0.15) is 0 Å². The Bertz CT molecular complexity index is 1320. The van der Waals surface area contributed by atoms with Gasteiger partial charge >= 0.3 is 5.97 Å². The number of para-hydroxylation sites is 1. The lowest BCUT2D eigenvalue weighted by Gasteiger charge is -2.20. The maximum absolute atomic E-state index is 13.4. The number of hydrogen-bond acceptors (Lipinski definition) is 5. The van der Waals surface area contributed by atoms with Crippen molar-refractivity contribution in [3.05, 3.63) is 84.3 Å². The van der Waals surface area contributed by atoms with Crippen LogP contribution in [0.25, 0.3) is 22.2 Å². The highest BCUT2D eigenvalue weighted by Crippen LogP contribution is 2.33. The fourth-order valence-electron chi connectivity index (χ4n) is 4.03. The lowest BCUT2D eigenvalue weighted by atomic mass is 10.0. The molecule has 0 aliphatic rings. The zero-order chi connectivity index (χ0) is 24.2. The topological polar surface area (TPSA) is 90.5 Å². The van der Waals surface area contributed by atoms with Gasteiger partial charge in [-0.15, -0.1) is 0 Å². The monoisotopic (exact) mass is 458 g/mol. The number of amides is 1. The van der Waals surface area contributed by atoms with Crippen molar-refractivity contribution in [2.45, 2.75) is 19.9 Å². The SMILES string of the molecule is CC(C)[C@@H](NC(=O)c1ccco1)C(=O)OCC(=O)c1c(-c2ccccc2)n(C)c2ccccc12. The summed E-state index contributed by atoms with van der Waals surface area (Å²) in [6.45, 7) is 3.13. The molecule has 174 valence electrons. The fourth-order valence-corrected chi connectivity index (χ4v) is 4.03. The number of carbonyl (C=O) groups is 3. The Morgan fingerprint density at radius 2 is 1.68 bits per heavy atom. The van der Waals surface area contributed by atoms with Gasteiger partial charge in [0.05, 0.1) is 17.5 Å². The Balaban J connectivity index is 1.57. The van der Waals surface area contributed by atoms with Crippen molar-refractivity contribution in [1.29, 1.82) is 0 Å². The maximum Gasteiger partial charge on any atom is 0.329 e. The summed E-state index contributed by atoms with van der Waals surface area (Å²) >= 11 is 0. The molecule has 2 aromatic carbocycles. The van der Waals surface area contributed by atoms with E-state index >= 15 is 0 Å². The van der Waals surface area contributed by atoms with Gasteiger partial charge in [0.15, 0.2) is 12.4 Å². The third-order valence-electron chi connectivity index (χ3n) is 5.73. The first-order valence-electron chi connectivity index (χ1n) is 11.1. The molecule has 4 aromatic rings. The Morgan fingerprint density at radius 3 is 2.35 bits per heavy atom. The van der Waals surface area contributed by atoms with Crippen LogP contribution in [0.4, 0.5) is 0 Å². The van der Waals surface area contributed by atoms with Crippen molar-refractivity contribution in [2.24, 2.45) is 13.0 Å². The number of Topliss-reactive ketones (excluding diaryl/α,β-unsaturated/α-hetero) is 1. The normalized spacial score (nSPS) is 12.0. The van der Waals surface area contributed by atoms with Crippen LogP contribution in [-0.2, 0) is 16.6 Å². The van der Waals surface area contributed by atoms with Gasteiger partial charge in [-0.25, -0.2) is 4.79 Å². The van der Waals surface area contributed by atoms with E-state index in [0.717, 1.165) is 22.2 Å². The van der Waals surface area contributed by atoms with Gasteiger partial charge in [-0.05, 0) is 29.7 Å². The van der Waals surface area contributed by atoms with E-state index in [9.17, 15) is 14.4 Å². The summed E-state index contributed by atoms with van der Waals surface area (Å²) < 4.78 is 12.5. The van der Waals surface area contributed by atoms with E-state index in [4.69, 9.17) is 9.15 Å². The highest BCUT2D eigenvalue weighted by molar-refractivity contribution is 6.14. The van der Waals surface area contributed by atoms with Crippen LogP contribution in [0, 0.1) is 5.92 Å². The second-order valence-electron chi connectivity index (χ2n) is 8.37. The van der Waals surface area contributed by atoms with Gasteiger partial charge in [-0.1, -0.05) is 62.4 Å². The zero-order valence-electron chi connectivity index (χ0n) is 19.3. The van der Waals surface area contributed by atoms with E-state index in [0.29, 0.717) is 5.56 Å². The molecule has 0 saturated heterocycles. The smallest absolute Gasteiger partial charge is 0.329 e. The standard InChI is InChI=1S/C27H26N2O5/c1-17(2)24(28-26(31)22-14-9-15-33-22)27(32)34-16-21(30)23-19-12-7-8-13-20(19)29(3)25(23)18-10-5-4-6-11-18/h4-15,17,24H,16H2,1-3H3,(H,28,31)/t24-/m1/s1. The van der Waals surface area contributed by atoms with E-state index in [1.54, 1.807) is 19.9 Å². The number of esters is 1. The molecule has 0 aliphatic carbocycles. The number of furan rings is 1. The quantitative estimate of drug-likeness (QED) is 0.307. The highest BCUT2D eigenvalue weighted by Gasteiger charge is 2.29. The van der Waals surface area contributed by atoms with Crippen LogP contribution >= 0.6 is 0 Å². The van der Waals surface area contributed by atoms with Crippen LogP contribution < -0.4 is 5.32 Å². The van der Waals surface area contributed by atoms with E-state index < -0.39 is 24.5 Å². The minimum atomic E-state index is -0.925. The molecule has 0 spiro atoms. The Hall–Kier alpha value is -4.13. The van der Waals surface area contributed by atoms with Crippen LogP contribution in [0.2, 0.25) is 0 Å². The Labute approximate surface area is 197 Å². The van der Waals surface area contributed by atoms with E-state index in [2.05, 4.69) is 5.32 Å². The molecule has 2 heterocycles. The molecule has 34 heavy (non-hydrogen) atoms. The molecule has 2 aromatic heterocycles. The summed E-state index contributed by atoms with van der Waals surface area (Å²) in [5.41, 5.74) is 3.05. The van der Waals surface area contributed by atoms with Crippen molar-refractivity contribution < 1.29 is 23.5 Å². The molecule has 7 nitrogen and oxygen atoms in total. The van der Waals surface area contributed by atoms with Gasteiger partial charge < -0.3 is 19.0 Å². The number of ketones is 1. The summed E-state index contributed by atoms with van der Waals surface area (Å²) in [6, 6.07) is 19.4. The fraction of sp³-hybridized carbons (Fsp3) is 0.222. The molecule has 0 fully saturated rings. The van der Waals surface area contributed by atoms with Gasteiger partial charge in [0.2, 0.25) is 5.78 Å². The molecule has 4 rings (SSSR count). The number of rotatable bonds is 8. The van der Waals surface area contributed by atoms with E-state index in [1.807, 2.05) is 66.2 Å². The largest absolute Gasteiger partial charge is 0.459 e. The van der Waals surface area contributed by atoms with Gasteiger partial charge in [0.1, 0.15) is 6.04 Å². The molecular weight excluding hydrogens is 432 g/mol. The van der Waals surface area contributed by atoms with Crippen LogP contribution in [0.5, 0.6) is 0 Å². The molecule has 0 aliphatic heterocycles. The molecular formula is C27H26N2O5. The summed E-state index contributed by atoms with van der Waals surface area (Å²) in [6.07, 6.45) is 1.38. The van der Waals surface area contributed by atoms with E-state index in [1.165, 1.54) is 12.3 Å². The van der Waals surface area contributed by atoms with Crippen LogP contribution in [0.1, 0.15) is 34.8 Å². The minimum absolute atomic E-state index is 0.0952. The molecule has 0 radical (unpaired) electrons. The van der Waals surface area contributed by atoms with Crippen LogP contribution in [0.15, 0.2) is 77.4 Å². The van der Waals surface area contributed by atoms with Crippen molar-refractivity contribution in [2.75, 3.05) is 6.61 Å². The molecule has 1 atom stereocenters. The molecule has 0 bridgehead atoms.